The summed E-state index contributed by atoms with van der Waals surface area (Å²) in [5.41, 5.74) is 1.66. The highest BCUT2D eigenvalue weighted by atomic mass is 35.5. The van der Waals surface area contributed by atoms with E-state index >= 15 is 0 Å². The topological polar surface area (TPSA) is 75.4 Å². The molecule has 0 aliphatic carbocycles. The van der Waals surface area contributed by atoms with Crippen molar-refractivity contribution in [3.8, 4) is 0 Å². The van der Waals surface area contributed by atoms with Crippen molar-refractivity contribution in [2.24, 2.45) is 0 Å². The van der Waals surface area contributed by atoms with Crippen molar-refractivity contribution in [2.75, 3.05) is 12.4 Å². The highest BCUT2D eigenvalue weighted by Gasteiger charge is 2.39. The van der Waals surface area contributed by atoms with Gasteiger partial charge in [0.1, 0.15) is 6.33 Å². The molecule has 1 aliphatic heterocycles. The number of carbonyl (C=O) groups excluding carboxylic acids is 1. The summed E-state index contributed by atoms with van der Waals surface area (Å²) >= 11 is 5.98. The zero-order valence-electron chi connectivity index (χ0n) is 12.9. The largest absolute Gasteiger partial charge is 0.361 e. The van der Waals surface area contributed by atoms with Crippen LogP contribution in [-0.2, 0) is 4.79 Å². The summed E-state index contributed by atoms with van der Waals surface area (Å²) in [6.45, 7) is 0. The zero-order chi connectivity index (χ0) is 16.7. The Kier molecular flexibility index (Phi) is 3.57. The van der Waals surface area contributed by atoms with Gasteiger partial charge in [-0.2, -0.15) is 0 Å². The number of likely N-dealkylation sites (tertiary alicyclic amines) is 1. The fourth-order valence-electron chi connectivity index (χ4n) is 3.15. The Labute approximate surface area is 143 Å². The number of hydrogen-bond acceptors (Lipinski definition) is 5. The van der Waals surface area contributed by atoms with E-state index in [1.807, 2.05) is 31.3 Å². The second-order valence-corrected chi connectivity index (χ2v) is 6.23. The molecule has 4 rings (SSSR count). The van der Waals surface area contributed by atoms with Gasteiger partial charge in [-0.15, -0.1) is 10.2 Å². The van der Waals surface area contributed by atoms with Crippen LogP contribution in [0.25, 0.3) is 5.65 Å². The van der Waals surface area contributed by atoms with E-state index in [0.717, 1.165) is 5.56 Å². The summed E-state index contributed by atoms with van der Waals surface area (Å²) in [5.74, 6) is 0.697. The number of anilines is 1. The van der Waals surface area contributed by atoms with E-state index in [1.54, 1.807) is 28.0 Å². The molecule has 3 heterocycles. The molecule has 1 N–H and O–H groups in total. The maximum atomic E-state index is 12.2. The predicted octanol–water partition coefficient (Wildman–Crippen LogP) is 2.16. The second kappa shape index (κ2) is 5.76. The summed E-state index contributed by atoms with van der Waals surface area (Å²) < 4.78 is 1.78. The molecule has 24 heavy (non-hydrogen) atoms. The van der Waals surface area contributed by atoms with Crippen LogP contribution < -0.4 is 5.32 Å². The van der Waals surface area contributed by atoms with E-state index < -0.39 is 0 Å². The van der Waals surface area contributed by atoms with E-state index in [1.165, 1.54) is 0 Å². The van der Waals surface area contributed by atoms with Crippen molar-refractivity contribution in [2.45, 2.75) is 18.5 Å². The first kappa shape index (κ1) is 14.9. The third kappa shape index (κ3) is 2.46. The molecule has 1 aromatic carbocycles. The molecular weight excluding hydrogens is 328 g/mol. The first-order chi connectivity index (χ1) is 11.6. The number of aromatic nitrogens is 4. The smallest absolute Gasteiger partial charge is 0.225 e. The van der Waals surface area contributed by atoms with E-state index in [0.29, 0.717) is 22.9 Å². The molecular formula is C16H15ClN6O. The van der Waals surface area contributed by atoms with Gasteiger partial charge in [-0.3, -0.25) is 9.20 Å². The van der Waals surface area contributed by atoms with Crippen LogP contribution in [-0.4, -0.2) is 43.5 Å². The third-order valence-electron chi connectivity index (χ3n) is 4.34. The predicted molar refractivity (Wildman–Crippen MR) is 89.8 cm³/mol. The number of amides is 1. The average molecular weight is 343 g/mol. The van der Waals surface area contributed by atoms with Crippen LogP contribution in [0.3, 0.4) is 0 Å². The van der Waals surface area contributed by atoms with E-state index in [-0.39, 0.29) is 18.0 Å². The molecule has 0 spiro atoms. The van der Waals surface area contributed by atoms with E-state index in [4.69, 9.17) is 11.6 Å². The van der Waals surface area contributed by atoms with Crippen molar-refractivity contribution in [1.82, 2.24) is 24.5 Å². The number of hydrogen-bond donors (Lipinski definition) is 1. The lowest BCUT2D eigenvalue weighted by Crippen LogP contribution is -2.30. The monoisotopic (exact) mass is 342 g/mol. The molecule has 3 aromatic rings. The summed E-state index contributed by atoms with van der Waals surface area (Å²) in [7, 11) is 1.81. The van der Waals surface area contributed by atoms with E-state index in [9.17, 15) is 4.79 Å². The van der Waals surface area contributed by atoms with Crippen LogP contribution in [0, 0.1) is 0 Å². The summed E-state index contributed by atoms with van der Waals surface area (Å²) in [6, 6.07) is 7.35. The number of rotatable bonds is 3. The lowest BCUT2D eigenvalue weighted by Gasteiger charge is -2.26. The van der Waals surface area contributed by atoms with Gasteiger partial charge in [0.25, 0.3) is 0 Å². The minimum atomic E-state index is -0.112. The van der Waals surface area contributed by atoms with Gasteiger partial charge < -0.3 is 10.2 Å². The van der Waals surface area contributed by atoms with Crippen LogP contribution in [0.1, 0.15) is 18.0 Å². The lowest BCUT2D eigenvalue weighted by atomic mass is 10.0. The van der Waals surface area contributed by atoms with Gasteiger partial charge in [-0.05, 0) is 17.7 Å². The summed E-state index contributed by atoms with van der Waals surface area (Å²) in [5, 5.41) is 12.0. The first-order valence-electron chi connectivity index (χ1n) is 7.55. The number of benzene rings is 1. The number of nitrogens with zero attached hydrogens (tertiary/aromatic N) is 5. The quantitative estimate of drug-likeness (QED) is 0.789. The Morgan fingerprint density at radius 2 is 2.08 bits per heavy atom. The van der Waals surface area contributed by atoms with Crippen LogP contribution in [0.2, 0.25) is 5.02 Å². The van der Waals surface area contributed by atoms with Gasteiger partial charge in [0, 0.05) is 30.9 Å². The third-order valence-corrected chi connectivity index (χ3v) is 4.59. The number of nitrogens with one attached hydrogen (secondary N) is 1. The highest BCUT2D eigenvalue weighted by Crippen LogP contribution is 2.34. The minimum Gasteiger partial charge on any atom is -0.361 e. The Hall–Kier alpha value is -2.67. The van der Waals surface area contributed by atoms with Crippen molar-refractivity contribution in [1.29, 1.82) is 0 Å². The van der Waals surface area contributed by atoms with Crippen molar-refractivity contribution >= 4 is 29.0 Å². The Morgan fingerprint density at radius 1 is 1.29 bits per heavy atom. The number of halogens is 1. The van der Waals surface area contributed by atoms with Gasteiger partial charge in [-0.1, -0.05) is 23.7 Å². The molecule has 0 bridgehead atoms. The van der Waals surface area contributed by atoms with Gasteiger partial charge in [-0.25, -0.2) is 4.98 Å². The molecule has 122 valence electrons. The Balaban J connectivity index is 1.69. The maximum Gasteiger partial charge on any atom is 0.225 e. The molecule has 7 nitrogen and oxygen atoms in total. The normalized spacial score (nSPS) is 20.8. The molecule has 2 unspecified atom stereocenters. The van der Waals surface area contributed by atoms with Crippen LogP contribution in [0.5, 0.6) is 0 Å². The maximum absolute atomic E-state index is 12.2. The average Bonchev–Trinajstić information content (AvgIpc) is 3.15. The number of likely N-dealkylation sites (N-methyl/N-ethyl adjacent to an activating group) is 1. The minimum absolute atomic E-state index is 0.0841. The van der Waals surface area contributed by atoms with E-state index in [2.05, 4.69) is 20.5 Å². The summed E-state index contributed by atoms with van der Waals surface area (Å²) in [4.78, 5) is 18.3. The van der Waals surface area contributed by atoms with Crippen LogP contribution in [0.15, 0.2) is 43.0 Å². The molecule has 8 heteroatoms. The van der Waals surface area contributed by atoms with Gasteiger partial charge in [0.05, 0.1) is 12.1 Å². The zero-order valence-corrected chi connectivity index (χ0v) is 13.7. The Morgan fingerprint density at radius 3 is 2.88 bits per heavy atom. The fourth-order valence-corrected chi connectivity index (χ4v) is 3.28. The first-order valence-corrected chi connectivity index (χ1v) is 7.93. The molecule has 0 saturated carbocycles. The van der Waals surface area contributed by atoms with Crippen molar-refractivity contribution < 1.29 is 4.79 Å². The number of fused-ring (bicyclic) bond motifs is 1. The molecule has 1 amide bonds. The van der Waals surface area contributed by atoms with Crippen molar-refractivity contribution in [3.63, 3.8) is 0 Å². The molecule has 1 fully saturated rings. The standard InChI is InChI=1S/C16H15ClN6O/c1-22-13(24)8-12(14(22)10-2-4-11(17)5-3-10)20-15-16-21-19-9-23(16)7-6-18-15/h2-7,9,12,14H,8H2,1H3,(H,18,20). The SMILES string of the molecule is CN1C(=O)CC(Nc2nccn3cnnc23)C1c1ccc(Cl)cc1. The molecule has 2 atom stereocenters. The van der Waals surface area contributed by atoms with Crippen LogP contribution >= 0.6 is 11.6 Å². The Bertz CT molecular complexity index is 893. The molecule has 0 radical (unpaired) electrons. The fraction of sp³-hybridized carbons (Fsp3) is 0.250. The summed E-state index contributed by atoms with van der Waals surface area (Å²) in [6.07, 6.45) is 5.46. The molecule has 2 aromatic heterocycles. The molecule has 1 aliphatic rings. The van der Waals surface area contributed by atoms with Crippen molar-refractivity contribution in [3.05, 3.63) is 53.6 Å². The van der Waals surface area contributed by atoms with Gasteiger partial charge in [0.15, 0.2) is 5.82 Å². The highest BCUT2D eigenvalue weighted by molar-refractivity contribution is 6.30. The molecule has 1 saturated heterocycles. The van der Waals surface area contributed by atoms with Gasteiger partial charge in [0.2, 0.25) is 11.6 Å². The lowest BCUT2D eigenvalue weighted by molar-refractivity contribution is -0.127. The number of carbonyl (C=O) groups is 1. The second-order valence-electron chi connectivity index (χ2n) is 5.79. The van der Waals surface area contributed by atoms with Crippen LogP contribution in [0.4, 0.5) is 5.82 Å². The van der Waals surface area contributed by atoms with Gasteiger partial charge >= 0.3 is 0 Å².